The standard InChI is InChI=1S/C30H28N2O4S/c1-4-35-25-14-12-24(13-15-25)32-20(2)18-23(21(32)3)19-28-29(33)31(30(34)37-28)16-17-36-27-11-7-9-22-8-5-6-10-26(22)27/h5-15,18-19H,4,16-17H2,1-3H3/b28-19-. The van der Waals surface area contributed by atoms with Crippen LogP contribution in [0.5, 0.6) is 11.5 Å². The Hall–Kier alpha value is -3.97. The Morgan fingerprint density at radius 1 is 0.919 bits per heavy atom. The zero-order valence-electron chi connectivity index (χ0n) is 21.1. The first-order valence-corrected chi connectivity index (χ1v) is 13.1. The molecule has 1 fully saturated rings. The number of aryl methyl sites for hydroxylation is 1. The minimum absolute atomic E-state index is 0.191. The van der Waals surface area contributed by atoms with Crippen LogP contribution in [0.1, 0.15) is 23.9 Å². The number of amides is 2. The summed E-state index contributed by atoms with van der Waals surface area (Å²) in [6.45, 7) is 7.03. The quantitative estimate of drug-likeness (QED) is 0.244. The summed E-state index contributed by atoms with van der Waals surface area (Å²) in [5.74, 6) is 1.27. The second-order valence-electron chi connectivity index (χ2n) is 8.75. The van der Waals surface area contributed by atoms with Gasteiger partial charge in [-0.25, -0.2) is 0 Å². The number of benzene rings is 3. The Labute approximate surface area is 220 Å². The number of nitrogens with zero attached hydrogens (tertiary/aromatic N) is 2. The molecule has 5 rings (SSSR count). The highest BCUT2D eigenvalue weighted by Crippen LogP contribution is 2.34. The van der Waals surface area contributed by atoms with Gasteiger partial charge in [-0.1, -0.05) is 36.4 Å². The van der Waals surface area contributed by atoms with Crippen molar-refractivity contribution in [3.8, 4) is 17.2 Å². The van der Waals surface area contributed by atoms with Crippen LogP contribution in [0.3, 0.4) is 0 Å². The highest BCUT2D eigenvalue weighted by molar-refractivity contribution is 8.18. The lowest BCUT2D eigenvalue weighted by Gasteiger charge is -2.14. The average molecular weight is 513 g/mol. The number of thioether (sulfide) groups is 1. The lowest BCUT2D eigenvalue weighted by Crippen LogP contribution is -2.32. The largest absolute Gasteiger partial charge is 0.494 e. The molecule has 2 heterocycles. The summed E-state index contributed by atoms with van der Waals surface area (Å²) >= 11 is 0.970. The molecule has 1 aliphatic heterocycles. The summed E-state index contributed by atoms with van der Waals surface area (Å²) in [5, 5.41) is 1.80. The fourth-order valence-electron chi connectivity index (χ4n) is 4.59. The number of carbonyl (C=O) groups excluding carboxylic acids is 2. The molecule has 7 heteroatoms. The van der Waals surface area contributed by atoms with Crippen LogP contribution in [0, 0.1) is 13.8 Å². The van der Waals surface area contributed by atoms with E-state index in [0.29, 0.717) is 11.5 Å². The molecule has 0 saturated carbocycles. The Bertz CT molecular complexity index is 1500. The first kappa shape index (κ1) is 24.7. The molecule has 0 atom stereocenters. The zero-order chi connectivity index (χ0) is 25.9. The van der Waals surface area contributed by atoms with E-state index in [2.05, 4.69) is 4.57 Å². The monoisotopic (exact) mass is 512 g/mol. The molecule has 0 radical (unpaired) electrons. The van der Waals surface area contributed by atoms with Crippen molar-refractivity contribution in [3.63, 3.8) is 0 Å². The third kappa shape index (κ3) is 5.00. The van der Waals surface area contributed by atoms with Gasteiger partial charge in [0.05, 0.1) is 18.1 Å². The summed E-state index contributed by atoms with van der Waals surface area (Å²) in [4.78, 5) is 27.4. The first-order chi connectivity index (χ1) is 18.0. The van der Waals surface area contributed by atoms with Gasteiger partial charge < -0.3 is 14.0 Å². The number of rotatable bonds is 8. The van der Waals surface area contributed by atoms with Gasteiger partial charge in [-0.2, -0.15) is 0 Å². The number of hydrogen-bond acceptors (Lipinski definition) is 5. The maximum absolute atomic E-state index is 13.1. The van der Waals surface area contributed by atoms with E-state index < -0.39 is 0 Å². The molecule has 1 aromatic heterocycles. The minimum atomic E-state index is -0.289. The predicted octanol–water partition coefficient (Wildman–Crippen LogP) is 6.76. The van der Waals surface area contributed by atoms with Crippen molar-refractivity contribution >= 4 is 39.8 Å². The molecule has 0 unspecified atom stereocenters. The molecule has 0 spiro atoms. The van der Waals surface area contributed by atoms with Crippen molar-refractivity contribution in [3.05, 3.63) is 94.7 Å². The lowest BCUT2D eigenvalue weighted by molar-refractivity contribution is -0.123. The molecule has 188 valence electrons. The Balaban J connectivity index is 1.30. The van der Waals surface area contributed by atoms with Gasteiger partial charge in [0.2, 0.25) is 0 Å². The second-order valence-corrected chi connectivity index (χ2v) is 9.74. The summed E-state index contributed by atoms with van der Waals surface area (Å²) in [7, 11) is 0. The van der Waals surface area contributed by atoms with E-state index in [4.69, 9.17) is 9.47 Å². The van der Waals surface area contributed by atoms with Gasteiger partial charge in [-0.15, -0.1) is 0 Å². The van der Waals surface area contributed by atoms with Gasteiger partial charge in [0.1, 0.15) is 18.1 Å². The average Bonchev–Trinajstić information content (AvgIpc) is 3.33. The zero-order valence-corrected chi connectivity index (χ0v) is 21.9. The third-order valence-electron chi connectivity index (χ3n) is 6.36. The SMILES string of the molecule is CCOc1ccc(-n2c(C)cc(/C=C3\SC(=O)N(CCOc4cccc5ccccc45)C3=O)c2C)cc1. The fourth-order valence-corrected chi connectivity index (χ4v) is 5.45. The van der Waals surface area contributed by atoms with Crippen molar-refractivity contribution in [2.75, 3.05) is 19.8 Å². The van der Waals surface area contributed by atoms with E-state index in [1.807, 2.05) is 99.6 Å². The molecule has 1 aliphatic rings. The molecule has 2 amide bonds. The van der Waals surface area contributed by atoms with Crippen LogP contribution in [0.2, 0.25) is 0 Å². The Morgan fingerprint density at radius 3 is 2.46 bits per heavy atom. The number of fused-ring (bicyclic) bond motifs is 1. The van der Waals surface area contributed by atoms with Gasteiger partial charge >= 0.3 is 0 Å². The Kier molecular flexibility index (Phi) is 7.06. The summed E-state index contributed by atoms with van der Waals surface area (Å²) in [6.07, 6.45) is 1.81. The summed E-state index contributed by atoms with van der Waals surface area (Å²) in [5.41, 5.74) is 3.95. The molecular formula is C30H28N2O4S. The van der Waals surface area contributed by atoms with Crippen LogP contribution in [-0.2, 0) is 4.79 Å². The molecule has 0 N–H and O–H groups in total. The van der Waals surface area contributed by atoms with E-state index in [-0.39, 0.29) is 24.3 Å². The molecule has 0 bridgehead atoms. The van der Waals surface area contributed by atoms with E-state index in [1.165, 1.54) is 4.90 Å². The molecule has 1 saturated heterocycles. The highest BCUT2D eigenvalue weighted by atomic mass is 32.2. The maximum atomic E-state index is 13.1. The van der Waals surface area contributed by atoms with E-state index >= 15 is 0 Å². The second kappa shape index (κ2) is 10.6. The normalized spacial score (nSPS) is 14.7. The van der Waals surface area contributed by atoms with Gasteiger partial charge in [0, 0.05) is 22.5 Å². The van der Waals surface area contributed by atoms with Crippen molar-refractivity contribution in [2.45, 2.75) is 20.8 Å². The topological polar surface area (TPSA) is 60.8 Å². The lowest BCUT2D eigenvalue weighted by atomic mass is 10.1. The Morgan fingerprint density at radius 2 is 1.68 bits per heavy atom. The van der Waals surface area contributed by atoms with E-state index in [1.54, 1.807) is 0 Å². The van der Waals surface area contributed by atoms with Crippen molar-refractivity contribution in [2.24, 2.45) is 0 Å². The van der Waals surface area contributed by atoms with Crippen molar-refractivity contribution in [1.29, 1.82) is 0 Å². The molecule has 4 aromatic rings. The number of aromatic nitrogens is 1. The molecular weight excluding hydrogens is 484 g/mol. The van der Waals surface area contributed by atoms with Crippen molar-refractivity contribution in [1.82, 2.24) is 9.47 Å². The van der Waals surface area contributed by atoms with Gasteiger partial charge in [0.25, 0.3) is 11.1 Å². The van der Waals surface area contributed by atoms with Crippen LogP contribution >= 0.6 is 11.8 Å². The molecule has 6 nitrogen and oxygen atoms in total. The molecule has 0 aliphatic carbocycles. The predicted molar refractivity (Wildman–Crippen MR) is 149 cm³/mol. The van der Waals surface area contributed by atoms with Crippen LogP contribution in [-0.4, -0.2) is 40.4 Å². The minimum Gasteiger partial charge on any atom is -0.494 e. The van der Waals surface area contributed by atoms with E-state index in [0.717, 1.165) is 56.7 Å². The van der Waals surface area contributed by atoms with Gasteiger partial charge in [-0.05, 0) is 86.0 Å². The number of ether oxygens (including phenoxy) is 2. The van der Waals surface area contributed by atoms with Crippen molar-refractivity contribution < 1.29 is 19.1 Å². The number of imide groups is 1. The third-order valence-corrected chi connectivity index (χ3v) is 7.27. The van der Waals surface area contributed by atoms with Crippen LogP contribution < -0.4 is 9.47 Å². The smallest absolute Gasteiger partial charge is 0.293 e. The maximum Gasteiger partial charge on any atom is 0.293 e. The molecule has 3 aromatic carbocycles. The highest BCUT2D eigenvalue weighted by Gasteiger charge is 2.35. The first-order valence-electron chi connectivity index (χ1n) is 12.2. The van der Waals surface area contributed by atoms with Crippen LogP contribution in [0.15, 0.2) is 77.7 Å². The summed E-state index contributed by atoms with van der Waals surface area (Å²) < 4.78 is 13.6. The van der Waals surface area contributed by atoms with Crippen LogP contribution in [0.25, 0.3) is 22.5 Å². The fraction of sp³-hybridized carbons (Fsp3) is 0.200. The summed E-state index contributed by atoms with van der Waals surface area (Å²) in [6, 6.07) is 23.8. The van der Waals surface area contributed by atoms with Gasteiger partial charge in [-0.3, -0.25) is 14.5 Å². The number of carbonyl (C=O) groups is 2. The van der Waals surface area contributed by atoms with E-state index in [9.17, 15) is 9.59 Å². The molecule has 37 heavy (non-hydrogen) atoms. The van der Waals surface area contributed by atoms with Gasteiger partial charge in [0.15, 0.2) is 0 Å². The van der Waals surface area contributed by atoms with Crippen LogP contribution in [0.4, 0.5) is 4.79 Å². The number of hydrogen-bond donors (Lipinski definition) is 0.